The quantitative estimate of drug-likeness (QED) is 0.616. The molecular weight excluding hydrogens is 326 g/mol. The molecule has 2 aromatic carbocycles. The van der Waals surface area contributed by atoms with Crippen LogP contribution < -0.4 is 5.32 Å². The number of anilines is 1. The summed E-state index contributed by atoms with van der Waals surface area (Å²) in [6, 6.07) is 16.5. The van der Waals surface area contributed by atoms with E-state index in [1.165, 1.54) is 22.5 Å². The predicted octanol–water partition coefficient (Wildman–Crippen LogP) is 5.71. The van der Waals surface area contributed by atoms with Gasteiger partial charge in [0.2, 0.25) is 0 Å². The molecular formula is C21H19N3S. The smallest absolute Gasteiger partial charge is 0.136 e. The summed E-state index contributed by atoms with van der Waals surface area (Å²) in [7, 11) is 0. The Morgan fingerprint density at radius 1 is 1.12 bits per heavy atom. The lowest BCUT2D eigenvalue weighted by atomic mass is 10.0. The van der Waals surface area contributed by atoms with Gasteiger partial charge in [0.1, 0.15) is 16.6 Å². The zero-order valence-corrected chi connectivity index (χ0v) is 15.3. The number of aromatic nitrogens is 1. The van der Waals surface area contributed by atoms with E-state index in [9.17, 15) is 5.26 Å². The zero-order chi connectivity index (χ0) is 17.8. The lowest BCUT2D eigenvalue weighted by Gasteiger charge is -2.05. The van der Waals surface area contributed by atoms with Crippen LogP contribution in [0.25, 0.3) is 16.8 Å². The van der Waals surface area contributed by atoms with Crippen molar-refractivity contribution in [1.29, 1.82) is 5.26 Å². The van der Waals surface area contributed by atoms with Crippen LogP contribution in [-0.4, -0.2) is 4.98 Å². The fraction of sp³-hybridized carbons (Fsp3) is 0.143. The third-order valence-electron chi connectivity index (χ3n) is 4.03. The summed E-state index contributed by atoms with van der Waals surface area (Å²) in [4.78, 5) is 4.66. The first-order chi connectivity index (χ1) is 12.1. The summed E-state index contributed by atoms with van der Waals surface area (Å²) in [5.41, 5.74) is 7.10. The van der Waals surface area contributed by atoms with Gasteiger partial charge < -0.3 is 5.32 Å². The fourth-order valence-electron chi connectivity index (χ4n) is 2.65. The average Bonchev–Trinajstić information content (AvgIpc) is 3.06. The summed E-state index contributed by atoms with van der Waals surface area (Å²) in [5, 5.41) is 15.4. The molecule has 0 aliphatic heterocycles. The molecule has 0 spiro atoms. The topological polar surface area (TPSA) is 48.7 Å². The molecule has 124 valence electrons. The molecule has 0 unspecified atom stereocenters. The molecule has 4 heteroatoms. The summed E-state index contributed by atoms with van der Waals surface area (Å²) in [6.45, 7) is 6.20. The number of nitrogens with zero attached hydrogens (tertiary/aromatic N) is 2. The Balaban J connectivity index is 1.88. The van der Waals surface area contributed by atoms with Crippen molar-refractivity contribution >= 4 is 22.6 Å². The number of nitrogens with one attached hydrogen (secondary N) is 1. The SMILES string of the molecule is Cc1ccc(-c2csc(/C(C#N)=C/Nc3ccccc3C)n2)c(C)c1. The number of para-hydroxylation sites is 1. The van der Waals surface area contributed by atoms with E-state index in [1.807, 2.05) is 36.6 Å². The van der Waals surface area contributed by atoms with Crippen molar-refractivity contribution in [1.82, 2.24) is 4.98 Å². The van der Waals surface area contributed by atoms with Gasteiger partial charge in [-0.15, -0.1) is 11.3 Å². The van der Waals surface area contributed by atoms with Gasteiger partial charge in [0.25, 0.3) is 0 Å². The number of aryl methyl sites for hydroxylation is 3. The standard InChI is InChI=1S/C21H19N3S/c1-14-8-9-18(16(3)10-14)20-13-25-21(24-20)17(11-22)12-23-19-7-5-4-6-15(19)2/h4-10,12-13,23H,1-3H3/b17-12+. The predicted molar refractivity (Wildman–Crippen MR) is 105 cm³/mol. The molecule has 1 N–H and O–H groups in total. The van der Waals surface area contributed by atoms with Gasteiger partial charge in [0.05, 0.1) is 5.69 Å². The Morgan fingerprint density at radius 3 is 2.64 bits per heavy atom. The second kappa shape index (κ2) is 7.33. The number of hydrogen-bond acceptors (Lipinski definition) is 4. The molecule has 3 aromatic rings. The maximum Gasteiger partial charge on any atom is 0.136 e. The highest BCUT2D eigenvalue weighted by Gasteiger charge is 2.10. The van der Waals surface area contributed by atoms with Crippen LogP contribution in [0, 0.1) is 32.1 Å². The molecule has 0 aliphatic carbocycles. The zero-order valence-electron chi connectivity index (χ0n) is 14.5. The molecule has 1 aromatic heterocycles. The van der Waals surface area contributed by atoms with Gasteiger partial charge in [-0.25, -0.2) is 4.98 Å². The molecule has 1 heterocycles. The summed E-state index contributed by atoms with van der Waals surface area (Å²) >= 11 is 1.49. The maximum absolute atomic E-state index is 9.51. The molecule has 0 fully saturated rings. The number of nitriles is 1. The second-order valence-corrected chi connectivity index (χ2v) is 6.84. The molecule has 0 aliphatic rings. The van der Waals surface area contributed by atoms with E-state index in [0.717, 1.165) is 27.5 Å². The van der Waals surface area contributed by atoms with Crippen LogP contribution in [0.15, 0.2) is 54.0 Å². The van der Waals surface area contributed by atoms with Gasteiger partial charge in [-0.05, 0) is 38.0 Å². The van der Waals surface area contributed by atoms with Gasteiger partial charge in [0, 0.05) is 22.8 Å². The highest BCUT2D eigenvalue weighted by Crippen LogP contribution is 2.28. The first kappa shape index (κ1) is 16.9. The minimum absolute atomic E-state index is 0.532. The van der Waals surface area contributed by atoms with Crippen LogP contribution in [-0.2, 0) is 0 Å². The Kier molecular flexibility index (Phi) is 4.97. The molecule has 0 amide bonds. The van der Waals surface area contributed by atoms with Crippen molar-refractivity contribution in [3.05, 3.63) is 75.7 Å². The van der Waals surface area contributed by atoms with E-state index < -0.39 is 0 Å². The number of benzene rings is 2. The molecule has 0 saturated heterocycles. The number of rotatable bonds is 4. The Labute approximate surface area is 152 Å². The summed E-state index contributed by atoms with van der Waals surface area (Å²) in [6.07, 6.45) is 1.73. The average molecular weight is 345 g/mol. The van der Waals surface area contributed by atoms with Crippen molar-refractivity contribution in [3.63, 3.8) is 0 Å². The van der Waals surface area contributed by atoms with Crippen molar-refractivity contribution in [2.24, 2.45) is 0 Å². The van der Waals surface area contributed by atoms with E-state index in [1.54, 1.807) is 6.20 Å². The van der Waals surface area contributed by atoms with Crippen LogP contribution in [0.5, 0.6) is 0 Å². The highest BCUT2D eigenvalue weighted by atomic mass is 32.1. The molecule has 3 rings (SSSR count). The van der Waals surface area contributed by atoms with E-state index >= 15 is 0 Å². The number of hydrogen-bond donors (Lipinski definition) is 1. The third kappa shape index (κ3) is 3.78. The number of thiazole rings is 1. The normalized spacial score (nSPS) is 11.2. The van der Waals surface area contributed by atoms with Crippen molar-refractivity contribution in [3.8, 4) is 17.3 Å². The largest absolute Gasteiger partial charge is 0.360 e. The van der Waals surface area contributed by atoms with E-state index in [-0.39, 0.29) is 0 Å². The lowest BCUT2D eigenvalue weighted by molar-refractivity contribution is 1.32. The number of allylic oxidation sites excluding steroid dienone is 1. The first-order valence-electron chi connectivity index (χ1n) is 8.04. The molecule has 0 saturated carbocycles. The molecule has 3 nitrogen and oxygen atoms in total. The lowest BCUT2D eigenvalue weighted by Crippen LogP contribution is -1.93. The van der Waals surface area contributed by atoms with Gasteiger partial charge >= 0.3 is 0 Å². The second-order valence-electron chi connectivity index (χ2n) is 5.99. The van der Waals surface area contributed by atoms with Gasteiger partial charge in [-0.1, -0.05) is 42.0 Å². The minimum Gasteiger partial charge on any atom is -0.360 e. The maximum atomic E-state index is 9.51. The van der Waals surface area contributed by atoms with Gasteiger partial charge in [-0.2, -0.15) is 5.26 Å². The Hall–Kier alpha value is -2.90. The van der Waals surface area contributed by atoms with Crippen LogP contribution in [0.4, 0.5) is 5.69 Å². The van der Waals surface area contributed by atoms with Crippen LogP contribution in [0.1, 0.15) is 21.7 Å². The Bertz CT molecular complexity index is 977. The van der Waals surface area contributed by atoms with Gasteiger partial charge in [0.15, 0.2) is 0 Å². The Morgan fingerprint density at radius 2 is 1.92 bits per heavy atom. The summed E-state index contributed by atoms with van der Waals surface area (Å²) < 4.78 is 0. The van der Waals surface area contributed by atoms with E-state index in [2.05, 4.69) is 48.4 Å². The summed E-state index contributed by atoms with van der Waals surface area (Å²) in [5.74, 6) is 0. The van der Waals surface area contributed by atoms with E-state index in [0.29, 0.717) is 5.57 Å². The highest BCUT2D eigenvalue weighted by molar-refractivity contribution is 7.11. The van der Waals surface area contributed by atoms with Crippen molar-refractivity contribution in [2.75, 3.05) is 5.32 Å². The van der Waals surface area contributed by atoms with Gasteiger partial charge in [-0.3, -0.25) is 0 Å². The molecule has 0 atom stereocenters. The van der Waals surface area contributed by atoms with Crippen LogP contribution in [0.2, 0.25) is 0 Å². The van der Waals surface area contributed by atoms with E-state index in [4.69, 9.17) is 0 Å². The monoisotopic (exact) mass is 345 g/mol. The fourth-order valence-corrected chi connectivity index (χ4v) is 3.43. The van der Waals surface area contributed by atoms with Crippen LogP contribution in [0.3, 0.4) is 0 Å². The van der Waals surface area contributed by atoms with Crippen LogP contribution >= 0.6 is 11.3 Å². The molecule has 0 bridgehead atoms. The molecule has 25 heavy (non-hydrogen) atoms. The minimum atomic E-state index is 0.532. The van der Waals surface area contributed by atoms with Crippen molar-refractivity contribution < 1.29 is 0 Å². The van der Waals surface area contributed by atoms with Crippen molar-refractivity contribution in [2.45, 2.75) is 20.8 Å². The third-order valence-corrected chi connectivity index (χ3v) is 4.91. The first-order valence-corrected chi connectivity index (χ1v) is 8.92. The molecule has 0 radical (unpaired) electrons.